The number of hydrogen-bond acceptors (Lipinski definition) is 3. The summed E-state index contributed by atoms with van der Waals surface area (Å²) in [5, 5.41) is 6.58. The van der Waals surface area contributed by atoms with Crippen LogP contribution in [-0.4, -0.2) is 28.5 Å². The summed E-state index contributed by atoms with van der Waals surface area (Å²) >= 11 is 30.8. The van der Waals surface area contributed by atoms with Crippen LogP contribution in [0.4, 0.5) is 34.6 Å². The Balaban J connectivity index is 1.51. The third-order valence-electron chi connectivity index (χ3n) is 5.90. The Morgan fingerprint density at radius 1 is 0.825 bits per heavy atom. The Labute approximate surface area is 248 Å². The van der Waals surface area contributed by atoms with E-state index in [1.807, 2.05) is 0 Å². The molecule has 6 nitrogen and oxygen atoms in total. The molecule has 0 aromatic heterocycles. The van der Waals surface area contributed by atoms with Gasteiger partial charge in [-0.05, 0) is 48.0 Å². The second kappa shape index (κ2) is 11.6. The van der Waals surface area contributed by atoms with Gasteiger partial charge in [0.2, 0.25) is 5.91 Å². The first-order valence-electron chi connectivity index (χ1n) is 11.0. The number of rotatable bonds is 7. The minimum absolute atomic E-state index is 0.103. The van der Waals surface area contributed by atoms with Crippen molar-refractivity contribution in [2.75, 3.05) is 16.0 Å². The van der Waals surface area contributed by atoms with E-state index < -0.39 is 63.3 Å². The summed E-state index contributed by atoms with van der Waals surface area (Å²) in [6.45, 7) is 0. The highest BCUT2D eigenvalue weighted by Gasteiger charge is 2.67. The molecule has 0 bridgehead atoms. The van der Waals surface area contributed by atoms with E-state index in [2.05, 4.69) is 10.6 Å². The van der Waals surface area contributed by atoms with E-state index in [0.717, 1.165) is 6.07 Å². The molecule has 4 rings (SSSR count). The van der Waals surface area contributed by atoms with Gasteiger partial charge in [-0.3, -0.25) is 14.4 Å². The first-order chi connectivity index (χ1) is 18.7. The molecule has 1 saturated carbocycles. The van der Waals surface area contributed by atoms with Gasteiger partial charge >= 0.3 is 6.43 Å². The molecule has 3 N–H and O–H groups in total. The molecule has 1 fully saturated rings. The van der Waals surface area contributed by atoms with Gasteiger partial charge in [-0.1, -0.05) is 40.9 Å². The Bertz CT molecular complexity index is 1540. The van der Waals surface area contributed by atoms with E-state index in [4.69, 9.17) is 58.0 Å². The van der Waals surface area contributed by atoms with E-state index in [0.29, 0.717) is 16.7 Å². The molecule has 210 valence electrons. The van der Waals surface area contributed by atoms with Gasteiger partial charge in [0.1, 0.15) is 15.8 Å². The lowest BCUT2D eigenvalue weighted by Gasteiger charge is -2.13. The fraction of sp³-hybridized carbons (Fsp3) is 0.160. The smallest absolute Gasteiger partial charge is 0.315 e. The van der Waals surface area contributed by atoms with Crippen LogP contribution < -0.4 is 16.0 Å². The normalized spacial score (nSPS) is 17.4. The van der Waals surface area contributed by atoms with Crippen LogP contribution in [0.15, 0.2) is 48.5 Å². The molecule has 0 spiro atoms. The molecular weight excluding hydrogens is 644 g/mol. The van der Waals surface area contributed by atoms with Crippen LogP contribution >= 0.6 is 58.0 Å². The van der Waals surface area contributed by atoms with Gasteiger partial charge in [-0.15, -0.1) is 23.2 Å². The zero-order valence-corrected chi connectivity index (χ0v) is 23.3. The molecule has 15 heteroatoms. The summed E-state index contributed by atoms with van der Waals surface area (Å²) in [7, 11) is 0. The fourth-order valence-electron chi connectivity index (χ4n) is 3.90. The third kappa shape index (κ3) is 6.11. The molecule has 3 aromatic carbocycles. The minimum atomic E-state index is -3.54. The van der Waals surface area contributed by atoms with Gasteiger partial charge in [-0.25, -0.2) is 8.78 Å². The Morgan fingerprint density at radius 3 is 2.15 bits per heavy atom. The van der Waals surface area contributed by atoms with Crippen LogP contribution in [0.5, 0.6) is 0 Å². The first-order valence-corrected chi connectivity index (χ1v) is 12.9. The Morgan fingerprint density at radius 2 is 1.50 bits per heavy atom. The number of alkyl halides is 4. The van der Waals surface area contributed by atoms with Crippen molar-refractivity contribution < 1.29 is 31.9 Å². The van der Waals surface area contributed by atoms with Crippen molar-refractivity contribution in [3.8, 4) is 0 Å². The van der Waals surface area contributed by atoms with Crippen molar-refractivity contribution in [3.63, 3.8) is 0 Å². The second-order valence-corrected chi connectivity index (χ2v) is 11.2. The molecule has 2 atom stereocenters. The van der Waals surface area contributed by atoms with Crippen molar-refractivity contribution in [1.82, 2.24) is 0 Å². The van der Waals surface area contributed by atoms with E-state index in [-0.39, 0.29) is 21.3 Å². The summed E-state index contributed by atoms with van der Waals surface area (Å²) in [5.74, 6) is -7.88. The highest BCUT2D eigenvalue weighted by molar-refractivity contribution is 6.53. The van der Waals surface area contributed by atoms with Gasteiger partial charge in [0.25, 0.3) is 11.8 Å². The maximum atomic E-state index is 14.7. The average Bonchev–Trinajstić information content (AvgIpc) is 3.47. The highest BCUT2D eigenvalue weighted by atomic mass is 35.5. The molecule has 0 aliphatic heterocycles. The number of amides is 3. The number of carbonyl (C=O) groups excluding carboxylic acids is 3. The Hall–Kier alpha value is -2.76. The van der Waals surface area contributed by atoms with Gasteiger partial charge in [0.05, 0.1) is 32.2 Å². The second-order valence-electron chi connectivity index (χ2n) is 8.52. The maximum absolute atomic E-state index is 14.7. The number of anilines is 3. The van der Waals surface area contributed by atoms with Gasteiger partial charge in [0.15, 0.2) is 5.82 Å². The molecule has 1 aliphatic carbocycles. The zero-order chi connectivity index (χ0) is 29.5. The average molecular weight is 658 g/mol. The molecule has 3 amide bonds. The number of halogens is 9. The number of nitrogens with one attached hydrogen (secondary N) is 3. The number of carbonyl (C=O) groups is 3. The van der Waals surface area contributed by atoms with Gasteiger partial charge < -0.3 is 16.0 Å². The molecule has 1 unspecified atom stereocenters. The SMILES string of the molecule is O=C(Nc1ccc(F)c(NC(=O)C(F)F)c1F)c1cc(NC(=O)C2[C@H](c3ccc(Cl)c(Cl)c3)C2(Cl)Cl)ccc1Cl. The van der Waals surface area contributed by atoms with Crippen LogP contribution in [0.1, 0.15) is 21.8 Å². The van der Waals surface area contributed by atoms with Gasteiger partial charge in [0, 0.05) is 11.6 Å². The topological polar surface area (TPSA) is 87.3 Å². The summed E-state index contributed by atoms with van der Waals surface area (Å²) in [6.07, 6.45) is -3.54. The molecule has 0 heterocycles. The lowest BCUT2D eigenvalue weighted by atomic mass is 10.1. The van der Waals surface area contributed by atoms with Crippen molar-refractivity contribution in [1.29, 1.82) is 0 Å². The predicted molar refractivity (Wildman–Crippen MR) is 146 cm³/mol. The monoisotopic (exact) mass is 655 g/mol. The summed E-state index contributed by atoms with van der Waals surface area (Å²) in [4.78, 5) is 37.0. The fourth-order valence-corrected chi connectivity index (χ4v) is 5.24. The van der Waals surface area contributed by atoms with Crippen LogP contribution in [0, 0.1) is 17.6 Å². The molecule has 0 saturated heterocycles. The van der Waals surface area contributed by atoms with E-state index in [9.17, 15) is 31.9 Å². The van der Waals surface area contributed by atoms with Gasteiger partial charge in [-0.2, -0.15) is 8.78 Å². The van der Waals surface area contributed by atoms with Crippen molar-refractivity contribution in [2.45, 2.75) is 16.7 Å². The zero-order valence-electron chi connectivity index (χ0n) is 19.5. The maximum Gasteiger partial charge on any atom is 0.315 e. The Kier molecular flexibility index (Phi) is 8.77. The van der Waals surface area contributed by atoms with E-state index in [1.165, 1.54) is 23.5 Å². The third-order valence-corrected chi connectivity index (χ3v) is 7.91. The van der Waals surface area contributed by atoms with E-state index >= 15 is 0 Å². The summed E-state index contributed by atoms with van der Waals surface area (Å²) < 4.78 is 52.3. The molecular formula is C25H14Cl5F4N3O3. The van der Waals surface area contributed by atoms with Crippen molar-refractivity contribution >= 4 is 92.8 Å². The minimum Gasteiger partial charge on any atom is -0.326 e. The largest absolute Gasteiger partial charge is 0.326 e. The number of benzene rings is 3. The van der Waals surface area contributed by atoms with Crippen molar-refractivity contribution in [3.05, 3.63) is 86.4 Å². The van der Waals surface area contributed by atoms with Crippen molar-refractivity contribution in [2.24, 2.45) is 5.92 Å². The summed E-state index contributed by atoms with van der Waals surface area (Å²) in [6, 6.07) is 10.0. The first kappa shape index (κ1) is 30.2. The van der Waals surface area contributed by atoms with Crippen LogP contribution in [0.3, 0.4) is 0 Å². The van der Waals surface area contributed by atoms with E-state index in [1.54, 1.807) is 18.2 Å². The highest BCUT2D eigenvalue weighted by Crippen LogP contribution is 2.65. The lowest BCUT2D eigenvalue weighted by Crippen LogP contribution is -2.22. The molecule has 0 radical (unpaired) electrons. The van der Waals surface area contributed by atoms with Crippen LogP contribution in [0.2, 0.25) is 15.1 Å². The molecule has 3 aromatic rings. The lowest BCUT2D eigenvalue weighted by molar-refractivity contribution is -0.126. The van der Waals surface area contributed by atoms with Crippen LogP contribution in [0.25, 0.3) is 0 Å². The number of hydrogen-bond donors (Lipinski definition) is 3. The molecule has 40 heavy (non-hydrogen) atoms. The predicted octanol–water partition coefficient (Wildman–Crippen LogP) is 7.91. The van der Waals surface area contributed by atoms with Crippen LogP contribution in [-0.2, 0) is 9.59 Å². The molecule has 1 aliphatic rings. The summed E-state index contributed by atoms with van der Waals surface area (Å²) in [5.41, 5.74) is -1.37. The quantitative estimate of drug-likeness (QED) is 0.178. The standard InChI is InChI=1S/C25H14Cl5F4N3O3/c26-12-4-2-10(35-23(39)18-17(25(18,29)30)9-1-3-13(27)14(28)7-9)8-11(12)22(38)36-16-6-5-15(31)20(19(16)32)37-24(40)21(33)34/h1-8,17-18,21H,(H,35,39)(H,36,38)(H,37,40)/t17-,18?/m0/s1.